The summed E-state index contributed by atoms with van der Waals surface area (Å²) in [6.07, 6.45) is 1.70. The van der Waals surface area contributed by atoms with Crippen LogP contribution >= 0.6 is 0 Å². The van der Waals surface area contributed by atoms with Crippen molar-refractivity contribution in [2.75, 3.05) is 32.8 Å². The number of hydrogen-bond donors (Lipinski definition) is 1. The van der Waals surface area contributed by atoms with Crippen LogP contribution in [-0.4, -0.2) is 49.8 Å². The lowest BCUT2D eigenvalue weighted by atomic mass is 10.1. The molecule has 0 spiro atoms. The zero-order chi connectivity index (χ0) is 12.0. The Morgan fingerprint density at radius 3 is 2.69 bits per heavy atom. The Balaban J connectivity index is 2.05. The van der Waals surface area contributed by atoms with Gasteiger partial charge in [0.05, 0.1) is 12.7 Å². The number of rotatable bonds is 7. The van der Waals surface area contributed by atoms with Gasteiger partial charge in [-0.25, -0.2) is 0 Å². The fourth-order valence-electron chi connectivity index (χ4n) is 2.10. The van der Waals surface area contributed by atoms with Crippen LogP contribution in [0.25, 0.3) is 0 Å². The molecule has 1 saturated heterocycles. The predicted octanol–water partition coefficient (Wildman–Crippen LogP) is 1.73. The fraction of sp³-hybridized carbons (Fsp3) is 1.00. The van der Waals surface area contributed by atoms with E-state index < -0.39 is 0 Å². The summed E-state index contributed by atoms with van der Waals surface area (Å²) in [5.74, 6) is 0.835. The average Bonchev–Trinajstić information content (AvgIpc) is 2.62. The van der Waals surface area contributed by atoms with Gasteiger partial charge in [-0.15, -0.1) is 0 Å². The third-order valence-corrected chi connectivity index (χ3v) is 3.04. The van der Waals surface area contributed by atoms with E-state index >= 15 is 0 Å². The molecule has 1 fully saturated rings. The van der Waals surface area contributed by atoms with E-state index in [4.69, 9.17) is 4.74 Å². The molecule has 1 aliphatic rings. The summed E-state index contributed by atoms with van der Waals surface area (Å²) in [6.45, 7) is 14.2. The van der Waals surface area contributed by atoms with Crippen LogP contribution in [0.4, 0.5) is 0 Å². The van der Waals surface area contributed by atoms with Gasteiger partial charge in [0, 0.05) is 19.1 Å². The van der Waals surface area contributed by atoms with Crippen LogP contribution in [0.2, 0.25) is 0 Å². The second-order valence-electron chi connectivity index (χ2n) is 5.44. The summed E-state index contributed by atoms with van der Waals surface area (Å²) in [4.78, 5) is 2.52. The van der Waals surface area contributed by atoms with Crippen molar-refractivity contribution in [3.05, 3.63) is 0 Å². The van der Waals surface area contributed by atoms with Crippen molar-refractivity contribution in [3.8, 4) is 0 Å². The third-order valence-electron chi connectivity index (χ3n) is 3.04. The van der Waals surface area contributed by atoms with Crippen LogP contribution < -0.4 is 5.32 Å². The molecule has 0 saturated carbocycles. The number of hydrogen-bond acceptors (Lipinski definition) is 3. The van der Waals surface area contributed by atoms with Crippen LogP contribution in [0, 0.1) is 5.92 Å². The lowest BCUT2D eigenvalue weighted by molar-refractivity contribution is 0.0628. The molecule has 0 aliphatic carbocycles. The minimum atomic E-state index is 0.362. The summed E-state index contributed by atoms with van der Waals surface area (Å²) < 4.78 is 5.58. The Morgan fingerprint density at radius 1 is 1.31 bits per heavy atom. The molecule has 0 aromatic heterocycles. The number of ether oxygens (including phenoxy) is 1. The lowest BCUT2D eigenvalue weighted by Crippen LogP contribution is -2.31. The molecule has 1 aliphatic heterocycles. The predicted molar refractivity (Wildman–Crippen MR) is 68.8 cm³/mol. The average molecular weight is 228 g/mol. The van der Waals surface area contributed by atoms with Crippen LogP contribution in [0.5, 0.6) is 0 Å². The Bertz CT molecular complexity index is 183. The summed E-state index contributed by atoms with van der Waals surface area (Å²) in [5.41, 5.74) is 0. The molecular formula is C13H28N2O. The molecular weight excluding hydrogens is 200 g/mol. The Labute approximate surface area is 101 Å². The first-order valence-corrected chi connectivity index (χ1v) is 6.65. The SMILES string of the molecule is CC(C)NCC1CCN(CCOC(C)C)C1. The highest BCUT2D eigenvalue weighted by atomic mass is 16.5. The van der Waals surface area contributed by atoms with Gasteiger partial charge in [0.1, 0.15) is 0 Å². The Kier molecular flexibility index (Phi) is 6.32. The van der Waals surface area contributed by atoms with Gasteiger partial charge < -0.3 is 15.0 Å². The van der Waals surface area contributed by atoms with Gasteiger partial charge in [0.25, 0.3) is 0 Å². The van der Waals surface area contributed by atoms with E-state index in [0.29, 0.717) is 12.1 Å². The van der Waals surface area contributed by atoms with Gasteiger partial charge in [0.15, 0.2) is 0 Å². The highest BCUT2D eigenvalue weighted by Crippen LogP contribution is 2.15. The maximum atomic E-state index is 5.58. The molecule has 0 bridgehead atoms. The zero-order valence-corrected chi connectivity index (χ0v) is 11.3. The quantitative estimate of drug-likeness (QED) is 0.718. The maximum Gasteiger partial charge on any atom is 0.0596 e. The molecule has 3 nitrogen and oxygen atoms in total. The summed E-state index contributed by atoms with van der Waals surface area (Å²) in [7, 11) is 0. The monoisotopic (exact) mass is 228 g/mol. The summed E-state index contributed by atoms with van der Waals surface area (Å²) in [5, 5.41) is 3.52. The van der Waals surface area contributed by atoms with E-state index in [0.717, 1.165) is 19.1 Å². The Morgan fingerprint density at radius 2 is 2.06 bits per heavy atom. The first kappa shape index (κ1) is 13.9. The molecule has 0 aromatic carbocycles. The number of likely N-dealkylation sites (tertiary alicyclic amines) is 1. The molecule has 0 radical (unpaired) electrons. The van der Waals surface area contributed by atoms with Gasteiger partial charge in [-0.05, 0) is 39.3 Å². The van der Waals surface area contributed by atoms with Crippen LogP contribution in [0.3, 0.4) is 0 Å². The van der Waals surface area contributed by atoms with E-state index in [-0.39, 0.29) is 0 Å². The molecule has 3 heteroatoms. The molecule has 1 atom stereocenters. The van der Waals surface area contributed by atoms with E-state index in [9.17, 15) is 0 Å². The summed E-state index contributed by atoms with van der Waals surface area (Å²) in [6, 6.07) is 0.610. The molecule has 1 rings (SSSR count). The molecule has 1 N–H and O–H groups in total. The maximum absolute atomic E-state index is 5.58. The van der Waals surface area contributed by atoms with Crippen LogP contribution in [0.15, 0.2) is 0 Å². The molecule has 96 valence electrons. The summed E-state index contributed by atoms with van der Waals surface area (Å²) >= 11 is 0. The number of nitrogens with zero attached hydrogens (tertiary/aromatic N) is 1. The van der Waals surface area contributed by atoms with E-state index in [1.807, 2.05) is 0 Å². The minimum absolute atomic E-state index is 0.362. The first-order chi connectivity index (χ1) is 7.58. The Hall–Kier alpha value is -0.120. The molecule has 16 heavy (non-hydrogen) atoms. The van der Waals surface area contributed by atoms with Crippen LogP contribution in [0.1, 0.15) is 34.1 Å². The van der Waals surface area contributed by atoms with Gasteiger partial charge in [-0.2, -0.15) is 0 Å². The first-order valence-electron chi connectivity index (χ1n) is 6.65. The lowest BCUT2D eigenvalue weighted by Gasteiger charge is -2.17. The molecule has 1 heterocycles. The number of nitrogens with one attached hydrogen (secondary N) is 1. The second kappa shape index (κ2) is 7.25. The van der Waals surface area contributed by atoms with Gasteiger partial charge in [-0.1, -0.05) is 13.8 Å². The van der Waals surface area contributed by atoms with E-state index in [2.05, 4.69) is 37.9 Å². The van der Waals surface area contributed by atoms with Crippen LogP contribution in [-0.2, 0) is 4.74 Å². The van der Waals surface area contributed by atoms with E-state index in [1.165, 1.54) is 26.1 Å². The van der Waals surface area contributed by atoms with Crippen molar-refractivity contribution in [2.24, 2.45) is 5.92 Å². The molecule has 1 unspecified atom stereocenters. The van der Waals surface area contributed by atoms with Crippen molar-refractivity contribution >= 4 is 0 Å². The normalized spacial score (nSPS) is 22.5. The van der Waals surface area contributed by atoms with Gasteiger partial charge in [0.2, 0.25) is 0 Å². The zero-order valence-electron chi connectivity index (χ0n) is 11.3. The molecule has 0 aromatic rings. The van der Waals surface area contributed by atoms with Gasteiger partial charge >= 0.3 is 0 Å². The van der Waals surface area contributed by atoms with E-state index in [1.54, 1.807) is 0 Å². The highest BCUT2D eigenvalue weighted by Gasteiger charge is 2.21. The van der Waals surface area contributed by atoms with Crippen molar-refractivity contribution in [1.82, 2.24) is 10.2 Å². The smallest absolute Gasteiger partial charge is 0.0596 e. The fourth-order valence-corrected chi connectivity index (χ4v) is 2.10. The van der Waals surface area contributed by atoms with Crippen molar-refractivity contribution in [2.45, 2.75) is 46.3 Å². The van der Waals surface area contributed by atoms with Crippen molar-refractivity contribution in [1.29, 1.82) is 0 Å². The standard InChI is InChI=1S/C13H28N2O/c1-11(2)14-9-13-5-6-15(10-13)7-8-16-12(3)4/h11-14H,5-10H2,1-4H3. The second-order valence-corrected chi connectivity index (χ2v) is 5.44. The molecule has 0 amide bonds. The van der Waals surface area contributed by atoms with Crippen molar-refractivity contribution < 1.29 is 4.74 Å². The largest absolute Gasteiger partial charge is 0.377 e. The topological polar surface area (TPSA) is 24.5 Å². The highest BCUT2D eigenvalue weighted by molar-refractivity contribution is 4.77. The third kappa shape index (κ3) is 5.83. The van der Waals surface area contributed by atoms with Gasteiger partial charge in [-0.3, -0.25) is 0 Å². The van der Waals surface area contributed by atoms with Crippen molar-refractivity contribution in [3.63, 3.8) is 0 Å². The minimum Gasteiger partial charge on any atom is -0.377 e.